The van der Waals surface area contributed by atoms with E-state index in [9.17, 15) is 4.79 Å². The second kappa shape index (κ2) is 6.59. The summed E-state index contributed by atoms with van der Waals surface area (Å²) in [4.78, 5) is 11.8. The Morgan fingerprint density at radius 1 is 1.40 bits per heavy atom. The Morgan fingerprint density at radius 2 is 2.15 bits per heavy atom. The van der Waals surface area contributed by atoms with E-state index in [4.69, 9.17) is 28.3 Å². The number of carboxylic acid groups (broad SMARTS) is 1. The van der Waals surface area contributed by atoms with Gasteiger partial charge in [-0.05, 0) is 30.7 Å². The SMILES string of the molecule is CC(NCc1cc(C(=O)O)cs1)c1ccc(Cl)cc1Cl. The van der Waals surface area contributed by atoms with Gasteiger partial charge in [-0.1, -0.05) is 29.3 Å². The van der Waals surface area contributed by atoms with Crippen LogP contribution in [0, 0.1) is 0 Å². The van der Waals surface area contributed by atoms with Crippen molar-refractivity contribution in [2.45, 2.75) is 19.5 Å². The molecule has 0 aliphatic carbocycles. The van der Waals surface area contributed by atoms with Gasteiger partial charge in [-0.25, -0.2) is 4.79 Å². The molecule has 6 heteroatoms. The van der Waals surface area contributed by atoms with E-state index in [0.29, 0.717) is 22.2 Å². The summed E-state index contributed by atoms with van der Waals surface area (Å²) >= 11 is 13.4. The molecule has 1 aromatic carbocycles. The van der Waals surface area contributed by atoms with Gasteiger partial charge in [0.25, 0.3) is 0 Å². The quantitative estimate of drug-likeness (QED) is 0.842. The minimum absolute atomic E-state index is 0.0511. The third-order valence-electron chi connectivity index (χ3n) is 2.91. The van der Waals surface area contributed by atoms with Crippen molar-refractivity contribution in [2.75, 3.05) is 0 Å². The van der Waals surface area contributed by atoms with Gasteiger partial charge in [-0.15, -0.1) is 11.3 Å². The van der Waals surface area contributed by atoms with Crippen molar-refractivity contribution < 1.29 is 9.90 Å². The molecule has 20 heavy (non-hydrogen) atoms. The molecule has 3 nitrogen and oxygen atoms in total. The fourth-order valence-corrected chi connectivity index (χ4v) is 3.18. The van der Waals surface area contributed by atoms with E-state index in [2.05, 4.69) is 5.32 Å². The summed E-state index contributed by atoms with van der Waals surface area (Å²) in [6.45, 7) is 2.60. The molecule has 0 aliphatic heterocycles. The normalized spacial score (nSPS) is 12.3. The van der Waals surface area contributed by atoms with Crippen LogP contribution in [0.4, 0.5) is 0 Å². The minimum atomic E-state index is -0.902. The van der Waals surface area contributed by atoms with E-state index >= 15 is 0 Å². The lowest BCUT2D eigenvalue weighted by molar-refractivity contribution is 0.0697. The lowest BCUT2D eigenvalue weighted by atomic mass is 10.1. The van der Waals surface area contributed by atoms with Gasteiger partial charge >= 0.3 is 5.97 Å². The topological polar surface area (TPSA) is 49.3 Å². The highest BCUT2D eigenvalue weighted by molar-refractivity contribution is 7.10. The molecular weight excluding hydrogens is 317 g/mol. The zero-order valence-electron chi connectivity index (χ0n) is 10.7. The first-order valence-corrected chi connectivity index (χ1v) is 7.60. The molecule has 0 bridgehead atoms. The van der Waals surface area contributed by atoms with E-state index < -0.39 is 5.97 Å². The molecule has 0 fully saturated rings. The number of halogens is 2. The number of rotatable bonds is 5. The van der Waals surface area contributed by atoms with Crippen LogP contribution in [-0.2, 0) is 6.54 Å². The Morgan fingerprint density at radius 3 is 2.75 bits per heavy atom. The molecule has 0 saturated heterocycles. The molecule has 2 rings (SSSR count). The van der Waals surface area contributed by atoms with E-state index in [-0.39, 0.29) is 6.04 Å². The van der Waals surface area contributed by atoms with Crippen LogP contribution in [0.5, 0.6) is 0 Å². The first-order chi connectivity index (χ1) is 9.47. The van der Waals surface area contributed by atoms with E-state index in [1.54, 1.807) is 23.6 Å². The average molecular weight is 330 g/mol. The summed E-state index contributed by atoms with van der Waals surface area (Å²) in [6, 6.07) is 7.13. The summed E-state index contributed by atoms with van der Waals surface area (Å²) in [6.07, 6.45) is 0. The van der Waals surface area contributed by atoms with Crippen LogP contribution in [0.2, 0.25) is 10.0 Å². The molecule has 2 N–H and O–H groups in total. The first-order valence-electron chi connectivity index (χ1n) is 5.96. The Bertz CT molecular complexity index is 627. The number of hydrogen-bond donors (Lipinski definition) is 2. The van der Waals surface area contributed by atoms with E-state index in [1.807, 2.05) is 13.0 Å². The maximum absolute atomic E-state index is 10.8. The number of carboxylic acids is 1. The van der Waals surface area contributed by atoms with Crippen molar-refractivity contribution in [2.24, 2.45) is 0 Å². The maximum atomic E-state index is 10.8. The predicted octanol–water partition coefficient (Wildman–Crippen LogP) is 4.60. The van der Waals surface area contributed by atoms with Gasteiger partial charge in [-0.2, -0.15) is 0 Å². The number of carbonyl (C=O) groups is 1. The lowest BCUT2D eigenvalue weighted by Crippen LogP contribution is -2.17. The van der Waals surface area contributed by atoms with Crippen molar-refractivity contribution >= 4 is 40.5 Å². The number of hydrogen-bond acceptors (Lipinski definition) is 3. The van der Waals surface area contributed by atoms with Gasteiger partial charge in [-0.3, -0.25) is 0 Å². The van der Waals surface area contributed by atoms with Crippen LogP contribution < -0.4 is 5.32 Å². The standard InChI is InChI=1S/C14H13Cl2NO2S/c1-8(12-3-2-10(15)5-13(12)16)17-6-11-4-9(7-20-11)14(18)19/h2-5,7-8,17H,6H2,1H3,(H,18,19). The molecule has 1 aromatic heterocycles. The Hall–Kier alpha value is -1.07. The van der Waals surface area contributed by atoms with Gasteiger partial charge in [0.05, 0.1) is 5.56 Å². The fourth-order valence-electron chi connectivity index (χ4n) is 1.80. The summed E-state index contributed by atoms with van der Waals surface area (Å²) in [7, 11) is 0. The molecule has 0 aliphatic rings. The van der Waals surface area contributed by atoms with E-state index in [0.717, 1.165) is 10.4 Å². The molecule has 0 saturated carbocycles. The van der Waals surface area contributed by atoms with Crippen LogP contribution in [0.25, 0.3) is 0 Å². The Balaban J connectivity index is 2.00. The zero-order valence-corrected chi connectivity index (χ0v) is 13.0. The first kappa shape index (κ1) is 15.3. The van der Waals surface area contributed by atoms with Gasteiger partial charge < -0.3 is 10.4 Å². The van der Waals surface area contributed by atoms with Crippen LogP contribution in [0.1, 0.15) is 33.8 Å². The molecule has 1 unspecified atom stereocenters. The van der Waals surface area contributed by atoms with Crippen LogP contribution >= 0.6 is 34.5 Å². The highest BCUT2D eigenvalue weighted by atomic mass is 35.5. The predicted molar refractivity (Wildman–Crippen MR) is 83.0 cm³/mol. The number of nitrogens with one attached hydrogen (secondary N) is 1. The van der Waals surface area contributed by atoms with Gasteiger partial charge in [0.15, 0.2) is 0 Å². The lowest BCUT2D eigenvalue weighted by Gasteiger charge is -2.15. The summed E-state index contributed by atoms with van der Waals surface area (Å²) < 4.78 is 0. The smallest absolute Gasteiger partial charge is 0.336 e. The van der Waals surface area contributed by atoms with Gasteiger partial charge in [0, 0.05) is 32.9 Å². The van der Waals surface area contributed by atoms with E-state index in [1.165, 1.54) is 11.3 Å². The summed E-state index contributed by atoms with van der Waals surface area (Å²) in [5.41, 5.74) is 1.29. The number of benzene rings is 1. The fraction of sp³-hybridized carbons (Fsp3) is 0.214. The zero-order chi connectivity index (χ0) is 14.7. The van der Waals surface area contributed by atoms with Crippen LogP contribution in [-0.4, -0.2) is 11.1 Å². The molecule has 0 amide bonds. The second-order valence-corrected chi connectivity index (χ2v) is 6.21. The molecule has 106 valence electrons. The molecule has 0 spiro atoms. The van der Waals surface area contributed by atoms with Crippen molar-refractivity contribution in [3.8, 4) is 0 Å². The summed E-state index contributed by atoms with van der Waals surface area (Å²) in [5.74, 6) is -0.902. The Labute approximate surface area is 131 Å². The van der Waals surface area contributed by atoms with Gasteiger partial charge in [0.2, 0.25) is 0 Å². The third-order valence-corrected chi connectivity index (χ3v) is 4.41. The molecule has 0 radical (unpaired) electrons. The largest absolute Gasteiger partial charge is 0.478 e. The summed E-state index contributed by atoms with van der Waals surface area (Å²) in [5, 5.41) is 15.1. The highest BCUT2D eigenvalue weighted by Crippen LogP contribution is 2.26. The van der Waals surface area contributed by atoms with Crippen molar-refractivity contribution in [3.63, 3.8) is 0 Å². The number of thiophene rings is 1. The molecule has 1 atom stereocenters. The van der Waals surface area contributed by atoms with Crippen LogP contribution in [0.3, 0.4) is 0 Å². The Kier molecular flexibility index (Phi) is 5.05. The van der Waals surface area contributed by atoms with Crippen molar-refractivity contribution in [3.05, 3.63) is 55.7 Å². The third kappa shape index (κ3) is 3.73. The molecule has 2 aromatic rings. The van der Waals surface area contributed by atoms with Crippen LogP contribution in [0.15, 0.2) is 29.6 Å². The molecular formula is C14H13Cl2NO2S. The van der Waals surface area contributed by atoms with Crippen molar-refractivity contribution in [1.82, 2.24) is 5.32 Å². The van der Waals surface area contributed by atoms with Gasteiger partial charge in [0.1, 0.15) is 0 Å². The molecule has 1 heterocycles. The average Bonchev–Trinajstić information content (AvgIpc) is 2.85. The van der Waals surface area contributed by atoms with Crippen molar-refractivity contribution in [1.29, 1.82) is 0 Å². The maximum Gasteiger partial charge on any atom is 0.336 e. The number of aromatic carboxylic acids is 1. The second-order valence-electron chi connectivity index (χ2n) is 4.38. The highest BCUT2D eigenvalue weighted by Gasteiger charge is 2.11. The minimum Gasteiger partial charge on any atom is -0.478 e. The monoisotopic (exact) mass is 329 g/mol.